The first kappa shape index (κ1) is 25.8. The molecule has 1 fully saturated rings. The molecule has 132 valence electrons. The second kappa shape index (κ2) is 11.0. The van der Waals surface area contributed by atoms with Gasteiger partial charge in [0.25, 0.3) is 0 Å². The predicted octanol–water partition coefficient (Wildman–Crippen LogP) is -0.185. The van der Waals surface area contributed by atoms with Crippen molar-refractivity contribution < 1.29 is 56.1 Å². The van der Waals surface area contributed by atoms with E-state index in [9.17, 15) is 0 Å². The van der Waals surface area contributed by atoms with E-state index < -0.39 is 23.2 Å². The topological polar surface area (TPSA) is 9.23 Å². The molecule has 7 heteroatoms. The van der Waals surface area contributed by atoms with Gasteiger partial charge in [0.05, 0.1) is 31.3 Å². The summed E-state index contributed by atoms with van der Waals surface area (Å²) in [6.45, 7) is 17.9. The average molecular weight is 406 g/mol. The van der Waals surface area contributed by atoms with E-state index in [1.54, 1.807) is 0 Å². The Morgan fingerprint density at radius 2 is 1.29 bits per heavy atom. The van der Waals surface area contributed by atoms with Crippen LogP contribution >= 0.6 is 7.02 Å². The Morgan fingerprint density at radius 3 is 1.58 bits per heavy atom. The molecule has 1 heterocycles. The van der Waals surface area contributed by atoms with E-state index in [1.165, 1.54) is 17.7 Å². The van der Waals surface area contributed by atoms with Crippen molar-refractivity contribution in [1.82, 2.24) is 0 Å². The molecule has 0 bridgehead atoms. The van der Waals surface area contributed by atoms with Crippen LogP contribution in [0.4, 0.5) is 0 Å². The van der Waals surface area contributed by atoms with E-state index in [0.29, 0.717) is 15.1 Å². The predicted molar refractivity (Wildman–Crippen MR) is 123 cm³/mol. The minimum absolute atomic E-state index is 0. The zero-order chi connectivity index (χ0) is 17.7. The fourth-order valence-electron chi connectivity index (χ4n) is 2.86. The Morgan fingerprint density at radius 1 is 0.875 bits per heavy atom. The van der Waals surface area contributed by atoms with Crippen LogP contribution in [0.1, 0.15) is 12.8 Å². The van der Waals surface area contributed by atoms with Gasteiger partial charge in [-0.3, -0.25) is 0 Å². The molecule has 1 aliphatic heterocycles. The van der Waals surface area contributed by atoms with Crippen LogP contribution < -0.4 is 56.7 Å². The van der Waals surface area contributed by atoms with Crippen LogP contribution in [0.3, 0.4) is 0 Å². The first-order valence-corrected chi connectivity index (χ1v) is 16.2. The number of hydrogen-bond donors (Lipinski definition) is 0. The van der Waals surface area contributed by atoms with Gasteiger partial charge in [0.2, 0.25) is 0 Å². The standard InChI is InChI=1S/C13H30B2PSi2.C4H8O.K/c1-17(2,3)13(18(4,5)6)16(14,15)12-10-8-7-9-11-12;1-2-4-5-3-1;/h7-11,13H,1-6,14-15H3;1-4H2;/q-1;;+1. The van der Waals surface area contributed by atoms with E-state index in [2.05, 4.69) is 69.6 Å². The van der Waals surface area contributed by atoms with Gasteiger partial charge in [-0.1, -0.05) is 57.5 Å². The third-order valence-electron chi connectivity index (χ3n) is 3.50. The van der Waals surface area contributed by atoms with Crippen molar-refractivity contribution in [3.05, 3.63) is 30.3 Å². The van der Waals surface area contributed by atoms with E-state index in [4.69, 9.17) is 4.74 Å². The third kappa shape index (κ3) is 8.22. The largest absolute Gasteiger partial charge is 1.00 e. The number of ether oxygens (including phenoxy) is 1. The van der Waals surface area contributed by atoms with Crippen LogP contribution in [0, 0.1) is 0 Å². The smallest absolute Gasteiger partial charge is 0.381 e. The Hall–Kier alpha value is 1.81. The van der Waals surface area contributed by atoms with E-state index >= 15 is 0 Å². The minimum Gasteiger partial charge on any atom is -0.381 e. The van der Waals surface area contributed by atoms with E-state index in [0.717, 1.165) is 13.2 Å². The second-order valence-electron chi connectivity index (χ2n) is 7.92. The molecule has 0 atom stereocenters. The third-order valence-corrected chi connectivity index (χ3v) is 18.3. The van der Waals surface area contributed by atoms with Crippen LogP contribution in [0.5, 0.6) is 0 Å². The number of rotatable bonds is 4. The minimum atomic E-state index is -1.00. The summed E-state index contributed by atoms with van der Waals surface area (Å²) in [7, 11) is -1.53. The second-order valence-corrected chi connectivity index (χ2v) is 21.4. The van der Waals surface area contributed by atoms with E-state index in [1.807, 2.05) is 5.30 Å². The van der Waals surface area contributed by atoms with Gasteiger partial charge < -0.3 is 11.8 Å². The molecule has 0 saturated carbocycles. The molecule has 1 saturated heterocycles. The molecular weight excluding hydrogens is 368 g/mol. The maximum atomic E-state index is 4.94. The number of benzene rings is 1. The molecule has 2 rings (SSSR count). The summed E-state index contributed by atoms with van der Waals surface area (Å²) in [5, 5.41) is 1.85. The first-order chi connectivity index (χ1) is 10.5. The normalized spacial score (nSPS) is 15.5. The quantitative estimate of drug-likeness (QED) is 0.498. The Kier molecular flexibility index (Phi) is 11.8. The van der Waals surface area contributed by atoms with Gasteiger partial charge in [0.15, 0.2) is 0 Å². The fourth-order valence-corrected chi connectivity index (χ4v) is 17.9. The molecule has 0 spiro atoms. The van der Waals surface area contributed by atoms with Gasteiger partial charge in [-0.05, 0) is 29.9 Å². The molecule has 1 nitrogen and oxygen atoms in total. The summed E-state index contributed by atoms with van der Waals surface area (Å²) < 4.78 is 4.94. The van der Waals surface area contributed by atoms with Gasteiger partial charge in [-0.2, -0.15) is 0 Å². The summed E-state index contributed by atoms with van der Waals surface area (Å²) in [6, 6.07) is 11.8. The Balaban J connectivity index is 0.000000751. The molecular formula is C17H38B2KOPSi2. The molecule has 1 aromatic carbocycles. The van der Waals surface area contributed by atoms with Crippen LogP contribution in [-0.4, -0.2) is 49.4 Å². The van der Waals surface area contributed by atoms with Gasteiger partial charge in [-0.25, -0.2) is 0 Å². The maximum Gasteiger partial charge on any atom is 1.00 e. The monoisotopic (exact) mass is 406 g/mol. The maximum absolute atomic E-state index is 4.94. The van der Waals surface area contributed by atoms with Gasteiger partial charge in [0, 0.05) is 18.5 Å². The summed E-state index contributed by atoms with van der Waals surface area (Å²) in [5.74, 6) is 0. The van der Waals surface area contributed by atoms with Crippen molar-refractivity contribution in [3.8, 4) is 0 Å². The summed E-state index contributed by atoms with van der Waals surface area (Å²) in [5.41, 5.74) is 0. The van der Waals surface area contributed by atoms with Crippen molar-refractivity contribution in [2.24, 2.45) is 0 Å². The van der Waals surface area contributed by atoms with Crippen LogP contribution in [-0.2, 0) is 4.74 Å². The molecule has 0 aromatic heterocycles. The van der Waals surface area contributed by atoms with Crippen LogP contribution in [0.25, 0.3) is 0 Å². The van der Waals surface area contributed by atoms with E-state index in [-0.39, 0.29) is 51.4 Å². The first-order valence-electron chi connectivity index (χ1n) is 8.05. The zero-order valence-corrected chi connectivity index (χ0v) is 21.7. The molecule has 0 N–H and O–H groups in total. The zero-order valence-electron chi connectivity index (χ0n) is 15.6. The van der Waals surface area contributed by atoms with Gasteiger partial charge in [-0.15, -0.1) is 0 Å². The SMILES string of the molecule is C1CCOC1.[BH3-][P+]([BH3-])(c1ccccc1)C([Si](C)(C)C)[Si](C)(C)C.[K+]. The Bertz CT molecular complexity index is 450. The summed E-state index contributed by atoms with van der Waals surface area (Å²) in [4.78, 5) is 1.22. The van der Waals surface area contributed by atoms with Crippen molar-refractivity contribution in [1.29, 1.82) is 0 Å². The van der Waals surface area contributed by atoms with Crippen LogP contribution in [0.2, 0.25) is 39.3 Å². The van der Waals surface area contributed by atoms with Crippen molar-refractivity contribution in [2.75, 3.05) is 13.2 Å². The molecule has 24 heavy (non-hydrogen) atoms. The van der Waals surface area contributed by atoms with Crippen LogP contribution in [0.15, 0.2) is 30.3 Å². The van der Waals surface area contributed by atoms with Gasteiger partial charge >= 0.3 is 51.4 Å². The molecule has 0 radical (unpaired) electrons. The molecule has 1 aliphatic rings. The fraction of sp³-hybridized carbons (Fsp3) is 0.647. The van der Waals surface area contributed by atoms with Crippen molar-refractivity contribution >= 4 is 43.6 Å². The van der Waals surface area contributed by atoms with Crippen molar-refractivity contribution in [2.45, 2.75) is 57.0 Å². The summed E-state index contributed by atoms with van der Waals surface area (Å²) >= 11 is 0. The average Bonchev–Trinajstić information content (AvgIpc) is 2.94. The van der Waals surface area contributed by atoms with Gasteiger partial charge in [0.1, 0.15) is 0 Å². The summed E-state index contributed by atoms with van der Waals surface area (Å²) in [6.07, 6.45) is 2.56. The molecule has 1 aromatic rings. The molecule has 0 aliphatic carbocycles. The molecule has 0 unspecified atom stereocenters. The Labute approximate surface area is 198 Å². The van der Waals surface area contributed by atoms with Crippen molar-refractivity contribution in [3.63, 3.8) is 0 Å². The number of hydrogen-bond acceptors (Lipinski definition) is 1. The molecule has 0 amide bonds.